The number of fused-ring (bicyclic) bond motifs is 1. The van der Waals surface area contributed by atoms with Crippen LogP contribution in [0.15, 0.2) is 77.9 Å². The van der Waals surface area contributed by atoms with Crippen molar-refractivity contribution in [1.29, 1.82) is 0 Å². The Hall–Kier alpha value is -3.25. The molecule has 5 nitrogen and oxygen atoms in total. The van der Waals surface area contributed by atoms with Gasteiger partial charge in [-0.05, 0) is 17.2 Å². The average molecular weight is 375 g/mol. The van der Waals surface area contributed by atoms with E-state index in [0.717, 1.165) is 16.0 Å². The zero-order chi connectivity index (χ0) is 18.6. The molecular formula is C21H17N3O2S. The van der Waals surface area contributed by atoms with Crippen LogP contribution in [-0.4, -0.2) is 15.5 Å². The molecule has 2 heterocycles. The Kier molecular flexibility index (Phi) is 4.80. The van der Waals surface area contributed by atoms with Gasteiger partial charge in [0.25, 0.3) is 5.56 Å². The SMILES string of the molecule is O=C(Cn1cnc2cc(-c3ccccc3)sc2c1=O)NCc1ccccc1. The van der Waals surface area contributed by atoms with Crippen LogP contribution in [0.5, 0.6) is 0 Å². The molecule has 0 aliphatic rings. The number of nitrogens with one attached hydrogen (secondary N) is 1. The van der Waals surface area contributed by atoms with Crippen LogP contribution >= 0.6 is 11.3 Å². The molecule has 0 saturated carbocycles. The molecule has 1 N–H and O–H groups in total. The van der Waals surface area contributed by atoms with Crippen LogP contribution in [0, 0.1) is 0 Å². The van der Waals surface area contributed by atoms with Crippen LogP contribution < -0.4 is 10.9 Å². The number of carbonyl (C=O) groups is 1. The number of hydrogen-bond acceptors (Lipinski definition) is 4. The quantitative estimate of drug-likeness (QED) is 0.581. The number of thiophene rings is 1. The summed E-state index contributed by atoms with van der Waals surface area (Å²) >= 11 is 1.40. The number of rotatable bonds is 5. The third-order valence-electron chi connectivity index (χ3n) is 4.21. The molecule has 0 aliphatic carbocycles. The maximum absolute atomic E-state index is 12.7. The largest absolute Gasteiger partial charge is 0.350 e. The van der Waals surface area contributed by atoms with Gasteiger partial charge in [0.1, 0.15) is 11.2 Å². The standard InChI is InChI=1S/C21H17N3O2S/c25-19(22-12-15-7-3-1-4-8-15)13-24-14-23-17-11-18(27-20(17)21(24)26)16-9-5-2-6-10-16/h1-11,14H,12-13H2,(H,22,25). The topological polar surface area (TPSA) is 64.0 Å². The van der Waals surface area contributed by atoms with E-state index in [1.807, 2.05) is 66.7 Å². The van der Waals surface area contributed by atoms with Gasteiger partial charge in [-0.2, -0.15) is 0 Å². The number of amides is 1. The van der Waals surface area contributed by atoms with E-state index in [0.29, 0.717) is 16.8 Å². The Morgan fingerprint density at radius 1 is 1.04 bits per heavy atom. The Bertz CT molecular complexity index is 1130. The molecule has 2 aromatic carbocycles. The number of hydrogen-bond donors (Lipinski definition) is 1. The summed E-state index contributed by atoms with van der Waals surface area (Å²) in [6.45, 7) is 0.383. The Balaban J connectivity index is 1.53. The van der Waals surface area contributed by atoms with Gasteiger partial charge < -0.3 is 5.32 Å². The van der Waals surface area contributed by atoms with Gasteiger partial charge in [-0.3, -0.25) is 14.2 Å². The van der Waals surface area contributed by atoms with Gasteiger partial charge in [0.05, 0.1) is 11.8 Å². The second-order valence-corrected chi connectivity index (χ2v) is 7.18. The first-order valence-corrected chi connectivity index (χ1v) is 9.37. The molecular weight excluding hydrogens is 358 g/mol. The second kappa shape index (κ2) is 7.55. The van der Waals surface area contributed by atoms with Gasteiger partial charge in [0.2, 0.25) is 5.91 Å². The molecule has 1 amide bonds. The van der Waals surface area contributed by atoms with E-state index in [9.17, 15) is 9.59 Å². The third-order valence-corrected chi connectivity index (χ3v) is 5.37. The van der Waals surface area contributed by atoms with Crippen LogP contribution in [0.1, 0.15) is 5.56 Å². The average Bonchev–Trinajstić information content (AvgIpc) is 3.15. The summed E-state index contributed by atoms with van der Waals surface area (Å²) in [5.74, 6) is -0.220. The fraction of sp³-hybridized carbons (Fsp3) is 0.0952. The van der Waals surface area contributed by atoms with E-state index >= 15 is 0 Å². The number of nitrogens with zero attached hydrogens (tertiary/aromatic N) is 2. The van der Waals surface area contributed by atoms with Gasteiger partial charge in [-0.15, -0.1) is 11.3 Å². The van der Waals surface area contributed by atoms with Gasteiger partial charge in [-0.1, -0.05) is 60.7 Å². The molecule has 0 spiro atoms. The first kappa shape index (κ1) is 17.2. The van der Waals surface area contributed by atoms with Crippen molar-refractivity contribution in [2.24, 2.45) is 0 Å². The van der Waals surface area contributed by atoms with Crippen molar-refractivity contribution in [3.8, 4) is 10.4 Å². The highest BCUT2D eigenvalue weighted by atomic mass is 32.1. The minimum Gasteiger partial charge on any atom is -0.350 e. The molecule has 2 aromatic heterocycles. The summed E-state index contributed by atoms with van der Waals surface area (Å²) in [7, 11) is 0. The van der Waals surface area contributed by atoms with Gasteiger partial charge in [-0.25, -0.2) is 4.98 Å². The lowest BCUT2D eigenvalue weighted by atomic mass is 10.2. The number of aromatic nitrogens is 2. The highest BCUT2D eigenvalue weighted by molar-refractivity contribution is 7.22. The normalized spacial score (nSPS) is 10.8. The molecule has 0 saturated heterocycles. The summed E-state index contributed by atoms with van der Waals surface area (Å²) in [6, 6.07) is 21.4. The highest BCUT2D eigenvalue weighted by Crippen LogP contribution is 2.30. The molecule has 0 bridgehead atoms. The Labute approximate surface area is 159 Å². The predicted octanol–water partition coefficient (Wildman–Crippen LogP) is 3.44. The third kappa shape index (κ3) is 3.80. The van der Waals surface area contributed by atoms with Crippen LogP contribution in [-0.2, 0) is 17.9 Å². The lowest BCUT2D eigenvalue weighted by Gasteiger charge is -2.07. The number of carbonyl (C=O) groups excluding carboxylic acids is 1. The lowest BCUT2D eigenvalue weighted by molar-refractivity contribution is -0.121. The van der Waals surface area contributed by atoms with Crippen LogP contribution in [0.25, 0.3) is 20.7 Å². The number of benzene rings is 2. The predicted molar refractivity (Wildman–Crippen MR) is 108 cm³/mol. The first-order chi connectivity index (χ1) is 13.2. The fourth-order valence-electron chi connectivity index (χ4n) is 2.81. The van der Waals surface area contributed by atoms with Crippen molar-refractivity contribution < 1.29 is 4.79 Å². The van der Waals surface area contributed by atoms with Gasteiger partial charge in [0.15, 0.2) is 0 Å². The zero-order valence-electron chi connectivity index (χ0n) is 14.5. The molecule has 134 valence electrons. The minimum atomic E-state index is -0.220. The van der Waals surface area contributed by atoms with E-state index in [1.54, 1.807) is 0 Å². The summed E-state index contributed by atoms with van der Waals surface area (Å²) in [4.78, 5) is 30.3. The molecule has 6 heteroatoms. The molecule has 0 fully saturated rings. The highest BCUT2D eigenvalue weighted by Gasteiger charge is 2.12. The van der Waals surface area contributed by atoms with E-state index < -0.39 is 0 Å². The van der Waals surface area contributed by atoms with Crippen molar-refractivity contribution in [2.45, 2.75) is 13.1 Å². The maximum atomic E-state index is 12.7. The Morgan fingerprint density at radius 3 is 2.48 bits per heavy atom. The summed E-state index contributed by atoms with van der Waals surface area (Å²) in [5.41, 5.74) is 2.52. The maximum Gasteiger partial charge on any atom is 0.271 e. The van der Waals surface area contributed by atoms with Crippen molar-refractivity contribution in [1.82, 2.24) is 14.9 Å². The van der Waals surface area contributed by atoms with E-state index in [-0.39, 0.29) is 18.0 Å². The van der Waals surface area contributed by atoms with Crippen LogP contribution in [0.4, 0.5) is 0 Å². The van der Waals surface area contributed by atoms with E-state index in [4.69, 9.17) is 0 Å². The molecule has 27 heavy (non-hydrogen) atoms. The molecule has 0 unspecified atom stereocenters. The monoisotopic (exact) mass is 375 g/mol. The van der Waals surface area contributed by atoms with Gasteiger partial charge >= 0.3 is 0 Å². The summed E-state index contributed by atoms with van der Waals surface area (Å²) in [5, 5.41) is 2.83. The molecule has 0 radical (unpaired) electrons. The van der Waals surface area contributed by atoms with E-state index in [1.165, 1.54) is 22.2 Å². The zero-order valence-corrected chi connectivity index (χ0v) is 15.3. The molecule has 4 aromatic rings. The van der Waals surface area contributed by atoms with Crippen molar-refractivity contribution >= 4 is 27.5 Å². The van der Waals surface area contributed by atoms with Crippen molar-refractivity contribution in [2.75, 3.05) is 0 Å². The fourth-order valence-corrected chi connectivity index (χ4v) is 3.87. The second-order valence-electron chi connectivity index (χ2n) is 6.13. The smallest absolute Gasteiger partial charge is 0.271 e. The lowest BCUT2D eigenvalue weighted by Crippen LogP contribution is -2.31. The minimum absolute atomic E-state index is 0.0484. The summed E-state index contributed by atoms with van der Waals surface area (Å²) in [6.07, 6.45) is 1.44. The molecule has 0 atom stereocenters. The molecule has 0 aliphatic heterocycles. The van der Waals surface area contributed by atoms with E-state index in [2.05, 4.69) is 10.3 Å². The van der Waals surface area contributed by atoms with Crippen molar-refractivity contribution in [3.05, 3.63) is 89.0 Å². The molecule has 4 rings (SSSR count). The van der Waals surface area contributed by atoms with Crippen LogP contribution in [0.2, 0.25) is 0 Å². The first-order valence-electron chi connectivity index (χ1n) is 8.56. The Morgan fingerprint density at radius 2 is 1.74 bits per heavy atom. The van der Waals surface area contributed by atoms with Gasteiger partial charge in [0, 0.05) is 11.4 Å². The van der Waals surface area contributed by atoms with Crippen molar-refractivity contribution in [3.63, 3.8) is 0 Å². The summed E-state index contributed by atoms with van der Waals surface area (Å²) < 4.78 is 1.92. The van der Waals surface area contributed by atoms with Crippen LogP contribution in [0.3, 0.4) is 0 Å².